The summed E-state index contributed by atoms with van der Waals surface area (Å²) in [6.07, 6.45) is 4.26. The molecule has 0 bridgehead atoms. The molecule has 1 aromatic heterocycles. The van der Waals surface area contributed by atoms with Crippen molar-refractivity contribution in [3.63, 3.8) is 0 Å². The second-order valence-corrected chi connectivity index (χ2v) is 8.08. The van der Waals surface area contributed by atoms with Gasteiger partial charge in [-0.25, -0.2) is 8.42 Å². The second-order valence-electron chi connectivity index (χ2n) is 6.14. The van der Waals surface area contributed by atoms with Gasteiger partial charge in [-0.1, -0.05) is 18.6 Å². The molecule has 0 unspecified atom stereocenters. The number of sulfonamides is 1. The Labute approximate surface area is 147 Å². The fourth-order valence-corrected chi connectivity index (χ4v) is 4.51. The molecule has 1 fully saturated rings. The van der Waals surface area contributed by atoms with Gasteiger partial charge in [0.2, 0.25) is 10.0 Å². The Morgan fingerprint density at radius 1 is 1.00 bits per heavy atom. The highest BCUT2D eigenvalue weighted by atomic mass is 32.2. The van der Waals surface area contributed by atoms with Crippen LogP contribution in [0.25, 0.3) is 0 Å². The molecule has 3 rings (SSSR count). The van der Waals surface area contributed by atoms with Crippen LogP contribution in [-0.4, -0.2) is 37.5 Å². The summed E-state index contributed by atoms with van der Waals surface area (Å²) in [5.74, 6) is 0.734. The van der Waals surface area contributed by atoms with Crippen molar-refractivity contribution in [3.05, 3.63) is 58.5 Å². The van der Waals surface area contributed by atoms with E-state index in [-0.39, 0.29) is 10.5 Å². The number of piperidine rings is 1. The molecule has 0 amide bonds. The van der Waals surface area contributed by atoms with E-state index >= 15 is 0 Å². The standard InChI is InChI=1S/C18H22N2O4S/c1-24-16-7-5-15(6-8-16)13-19-14-17(9-10-18(19)21)25(22,23)20-11-3-2-4-12-20/h5-10,14H,2-4,11-13H2,1H3. The van der Waals surface area contributed by atoms with Crippen LogP contribution in [0.1, 0.15) is 24.8 Å². The van der Waals surface area contributed by atoms with Crippen LogP contribution < -0.4 is 10.3 Å². The van der Waals surface area contributed by atoms with Crippen molar-refractivity contribution in [2.75, 3.05) is 20.2 Å². The normalized spacial score (nSPS) is 15.9. The summed E-state index contributed by atoms with van der Waals surface area (Å²) >= 11 is 0. The van der Waals surface area contributed by atoms with Crippen molar-refractivity contribution in [1.29, 1.82) is 0 Å². The first-order valence-corrected chi connectivity index (χ1v) is 9.78. The molecule has 0 saturated carbocycles. The quantitative estimate of drug-likeness (QED) is 0.817. The molecular weight excluding hydrogens is 340 g/mol. The molecule has 7 heteroatoms. The van der Waals surface area contributed by atoms with Gasteiger partial charge in [0, 0.05) is 25.4 Å². The summed E-state index contributed by atoms with van der Waals surface area (Å²) in [4.78, 5) is 12.3. The van der Waals surface area contributed by atoms with E-state index in [0.717, 1.165) is 30.6 Å². The lowest BCUT2D eigenvalue weighted by Gasteiger charge is -2.26. The summed E-state index contributed by atoms with van der Waals surface area (Å²) in [7, 11) is -1.96. The third-order valence-corrected chi connectivity index (χ3v) is 6.30. The number of rotatable bonds is 5. The van der Waals surface area contributed by atoms with E-state index in [2.05, 4.69) is 0 Å². The van der Waals surface area contributed by atoms with Crippen LogP contribution in [0.4, 0.5) is 0 Å². The number of pyridine rings is 1. The van der Waals surface area contributed by atoms with Gasteiger partial charge in [0.25, 0.3) is 5.56 Å². The van der Waals surface area contributed by atoms with Crippen molar-refractivity contribution in [1.82, 2.24) is 8.87 Å². The molecule has 0 aliphatic carbocycles. The Morgan fingerprint density at radius 2 is 1.68 bits per heavy atom. The highest BCUT2D eigenvalue weighted by molar-refractivity contribution is 7.89. The van der Waals surface area contributed by atoms with E-state index in [4.69, 9.17) is 4.74 Å². The zero-order valence-corrected chi connectivity index (χ0v) is 15.0. The topological polar surface area (TPSA) is 68.6 Å². The first-order valence-electron chi connectivity index (χ1n) is 8.34. The Bertz CT molecular complexity index is 882. The lowest BCUT2D eigenvalue weighted by Crippen LogP contribution is -2.36. The number of benzene rings is 1. The number of aromatic nitrogens is 1. The number of hydrogen-bond acceptors (Lipinski definition) is 4. The highest BCUT2D eigenvalue weighted by Gasteiger charge is 2.26. The van der Waals surface area contributed by atoms with Gasteiger partial charge >= 0.3 is 0 Å². The SMILES string of the molecule is COc1ccc(Cn2cc(S(=O)(=O)N3CCCCC3)ccc2=O)cc1. The number of methoxy groups -OCH3 is 1. The predicted molar refractivity (Wildman–Crippen MR) is 95.4 cm³/mol. The molecule has 2 aromatic rings. The van der Waals surface area contributed by atoms with Crippen molar-refractivity contribution >= 4 is 10.0 Å². The minimum atomic E-state index is -3.55. The van der Waals surface area contributed by atoms with Crippen LogP contribution in [0.15, 0.2) is 52.3 Å². The van der Waals surface area contributed by atoms with Crippen LogP contribution >= 0.6 is 0 Å². The van der Waals surface area contributed by atoms with Crippen molar-refractivity contribution in [3.8, 4) is 5.75 Å². The molecule has 1 aliphatic heterocycles. The third kappa shape index (κ3) is 3.93. The largest absolute Gasteiger partial charge is 0.497 e. The van der Waals surface area contributed by atoms with Gasteiger partial charge in [-0.3, -0.25) is 4.79 Å². The van der Waals surface area contributed by atoms with E-state index in [1.807, 2.05) is 24.3 Å². The van der Waals surface area contributed by atoms with Gasteiger partial charge < -0.3 is 9.30 Å². The third-order valence-electron chi connectivity index (χ3n) is 4.42. The Hall–Kier alpha value is -2.12. The Balaban J connectivity index is 1.88. The summed E-state index contributed by atoms with van der Waals surface area (Å²) in [6.45, 7) is 1.39. The summed E-state index contributed by atoms with van der Waals surface area (Å²) in [5.41, 5.74) is 0.670. The molecule has 1 aliphatic rings. The molecule has 0 radical (unpaired) electrons. The molecular formula is C18H22N2O4S. The lowest BCUT2D eigenvalue weighted by atomic mass is 10.2. The van der Waals surface area contributed by atoms with E-state index in [9.17, 15) is 13.2 Å². The maximum Gasteiger partial charge on any atom is 0.250 e. The van der Waals surface area contributed by atoms with Gasteiger partial charge in [0.15, 0.2) is 0 Å². The maximum absolute atomic E-state index is 12.8. The first-order chi connectivity index (χ1) is 12.0. The van der Waals surface area contributed by atoms with Gasteiger partial charge in [-0.05, 0) is 36.6 Å². The van der Waals surface area contributed by atoms with Crippen LogP contribution in [0.3, 0.4) is 0 Å². The number of hydrogen-bond donors (Lipinski definition) is 0. The van der Waals surface area contributed by atoms with Crippen molar-refractivity contribution in [2.45, 2.75) is 30.7 Å². The zero-order chi connectivity index (χ0) is 17.9. The van der Waals surface area contributed by atoms with Crippen molar-refractivity contribution in [2.24, 2.45) is 0 Å². The summed E-state index contributed by atoms with van der Waals surface area (Å²) < 4.78 is 33.6. The second kappa shape index (κ2) is 7.41. The van der Waals surface area contributed by atoms with E-state index in [1.165, 1.54) is 27.2 Å². The average Bonchev–Trinajstić information content (AvgIpc) is 2.64. The van der Waals surface area contributed by atoms with Gasteiger partial charge in [-0.2, -0.15) is 4.31 Å². The van der Waals surface area contributed by atoms with Gasteiger partial charge in [-0.15, -0.1) is 0 Å². The predicted octanol–water partition coefficient (Wildman–Crippen LogP) is 2.08. The van der Waals surface area contributed by atoms with E-state index in [0.29, 0.717) is 19.6 Å². The summed E-state index contributed by atoms with van der Waals surface area (Å²) in [5, 5.41) is 0. The molecule has 134 valence electrons. The highest BCUT2D eigenvalue weighted by Crippen LogP contribution is 2.20. The van der Waals surface area contributed by atoms with Crippen LogP contribution in [-0.2, 0) is 16.6 Å². The molecule has 1 saturated heterocycles. The smallest absolute Gasteiger partial charge is 0.250 e. The van der Waals surface area contributed by atoms with Gasteiger partial charge in [0.05, 0.1) is 18.6 Å². The summed E-state index contributed by atoms with van der Waals surface area (Å²) in [6, 6.07) is 10.1. The Kier molecular flexibility index (Phi) is 5.24. The minimum Gasteiger partial charge on any atom is -0.497 e. The fourth-order valence-electron chi connectivity index (χ4n) is 2.97. The van der Waals surface area contributed by atoms with E-state index < -0.39 is 10.0 Å². The lowest BCUT2D eigenvalue weighted by molar-refractivity contribution is 0.346. The Morgan fingerprint density at radius 3 is 2.32 bits per heavy atom. The molecule has 25 heavy (non-hydrogen) atoms. The van der Waals surface area contributed by atoms with Crippen molar-refractivity contribution < 1.29 is 13.2 Å². The van der Waals surface area contributed by atoms with E-state index in [1.54, 1.807) is 7.11 Å². The maximum atomic E-state index is 12.8. The number of ether oxygens (including phenoxy) is 1. The molecule has 6 nitrogen and oxygen atoms in total. The zero-order valence-electron chi connectivity index (χ0n) is 14.2. The molecule has 0 atom stereocenters. The monoisotopic (exact) mass is 362 g/mol. The van der Waals surface area contributed by atoms with Crippen LogP contribution in [0.2, 0.25) is 0 Å². The minimum absolute atomic E-state index is 0.169. The fraction of sp³-hybridized carbons (Fsp3) is 0.389. The number of nitrogens with zero attached hydrogens (tertiary/aromatic N) is 2. The first kappa shape index (κ1) is 17.7. The van der Waals surface area contributed by atoms with Crippen LogP contribution in [0.5, 0.6) is 5.75 Å². The molecule has 0 N–H and O–H groups in total. The average molecular weight is 362 g/mol. The molecule has 2 heterocycles. The molecule has 1 aromatic carbocycles. The molecule has 0 spiro atoms. The van der Waals surface area contributed by atoms with Crippen LogP contribution in [0, 0.1) is 0 Å². The van der Waals surface area contributed by atoms with Gasteiger partial charge in [0.1, 0.15) is 5.75 Å².